The SMILES string of the molecule is CCC(CNC(=O)NC(CC)C1CCCCC1)CC(=O)O. The fraction of sp³-hybridized carbons (Fsp3) is 0.875. The first-order chi connectivity index (χ1) is 10.1. The molecule has 2 unspecified atom stereocenters. The summed E-state index contributed by atoms with van der Waals surface area (Å²) < 4.78 is 0. The maximum atomic E-state index is 12.0. The van der Waals surface area contributed by atoms with Crippen molar-refractivity contribution in [2.75, 3.05) is 6.54 Å². The Morgan fingerprint density at radius 1 is 1.14 bits per heavy atom. The summed E-state index contributed by atoms with van der Waals surface area (Å²) in [5.41, 5.74) is 0. The molecule has 0 saturated heterocycles. The van der Waals surface area contributed by atoms with Crippen molar-refractivity contribution < 1.29 is 14.7 Å². The smallest absolute Gasteiger partial charge is 0.315 e. The van der Waals surface area contributed by atoms with E-state index in [0.717, 1.165) is 12.8 Å². The van der Waals surface area contributed by atoms with E-state index < -0.39 is 5.97 Å². The zero-order valence-corrected chi connectivity index (χ0v) is 13.4. The molecular weight excluding hydrogens is 268 g/mol. The van der Waals surface area contributed by atoms with Gasteiger partial charge in [-0.25, -0.2) is 4.79 Å². The molecular formula is C16H30N2O3. The Morgan fingerprint density at radius 3 is 2.33 bits per heavy atom. The summed E-state index contributed by atoms with van der Waals surface area (Å²) in [6.07, 6.45) is 8.06. The first kappa shape index (κ1) is 17.8. The van der Waals surface area contributed by atoms with Crippen molar-refractivity contribution in [2.24, 2.45) is 11.8 Å². The summed E-state index contributed by atoms with van der Waals surface area (Å²) in [6.45, 7) is 4.48. The topological polar surface area (TPSA) is 78.4 Å². The molecule has 1 aliphatic rings. The van der Waals surface area contributed by atoms with Crippen LogP contribution in [0.2, 0.25) is 0 Å². The first-order valence-electron chi connectivity index (χ1n) is 8.32. The number of aliphatic carboxylic acids is 1. The van der Waals surface area contributed by atoms with Crippen molar-refractivity contribution in [3.05, 3.63) is 0 Å². The minimum absolute atomic E-state index is 0.00278. The number of hydrogen-bond acceptors (Lipinski definition) is 2. The summed E-state index contributed by atoms with van der Waals surface area (Å²) in [5, 5.41) is 14.7. The predicted molar refractivity (Wildman–Crippen MR) is 83.2 cm³/mol. The van der Waals surface area contributed by atoms with E-state index in [-0.39, 0.29) is 24.4 Å². The van der Waals surface area contributed by atoms with Gasteiger partial charge in [-0.15, -0.1) is 0 Å². The number of carboxylic acids is 1. The van der Waals surface area contributed by atoms with Crippen LogP contribution >= 0.6 is 0 Å². The molecule has 21 heavy (non-hydrogen) atoms. The molecule has 0 aromatic carbocycles. The van der Waals surface area contributed by atoms with E-state index in [2.05, 4.69) is 17.6 Å². The fourth-order valence-electron chi connectivity index (χ4n) is 3.15. The van der Waals surface area contributed by atoms with Crippen molar-refractivity contribution in [1.29, 1.82) is 0 Å². The molecule has 0 spiro atoms. The lowest BCUT2D eigenvalue weighted by Crippen LogP contribution is -2.46. The molecule has 122 valence electrons. The van der Waals surface area contributed by atoms with Gasteiger partial charge in [-0.2, -0.15) is 0 Å². The van der Waals surface area contributed by atoms with Gasteiger partial charge in [-0.1, -0.05) is 39.5 Å². The van der Waals surface area contributed by atoms with E-state index in [0.29, 0.717) is 12.5 Å². The highest BCUT2D eigenvalue weighted by Gasteiger charge is 2.23. The molecule has 2 atom stereocenters. The van der Waals surface area contributed by atoms with Crippen molar-refractivity contribution >= 4 is 12.0 Å². The van der Waals surface area contributed by atoms with Crippen LogP contribution in [0.4, 0.5) is 4.79 Å². The average molecular weight is 298 g/mol. The molecule has 0 aromatic rings. The van der Waals surface area contributed by atoms with Crippen LogP contribution in [0.3, 0.4) is 0 Å². The van der Waals surface area contributed by atoms with Crippen molar-refractivity contribution in [3.8, 4) is 0 Å². The zero-order chi connectivity index (χ0) is 15.7. The molecule has 0 aliphatic heterocycles. The molecule has 1 saturated carbocycles. The number of rotatable bonds is 8. The number of carboxylic acid groups (broad SMARTS) is 1. The Balaban J connectivity index is 2.34. The highest BCUT2D eigenvalue weighted by molar-refractivity contribution is 5.74. The second-order valence-corrected chi connectivity index (χ2v) is 6.14. The molecule has 0 heterocycles. The van der Waals surface area contributed by atoms with Crippen LogP contribution in [0, 0.1) is 11.8 Å². The van der Waals surface area contributed by atoms with Gasteiger partial charge in [0.15, 0.2) is 0 Å². The fourth-order valence-corrected chi connectivity index (χ4v) is 3.15. The van der Waals surface area contributed by atoms with Crippen molar-refractivity contribution in [1.82, 2.24) is 10.6 Å². The highest BCUT2D eigenvalue weighted by Crippen LogP contribution is 2.27. The van der Waals surface area contributed by atoms with Crippen LogP contribution in [-0.4, -0.2) is 29.7 Å². The monoisotopic (exact) mass is 298 g/mol. The maximum absolute atomic E-state index is 12.0. The van der Waals surface area contributed by atoms with E-state index in [1.165, 1.54) is 32.1 Å². The zero-order valence-electron chi connectivity index (χ0n) is 13.4. The lowest BCUT2D eigenvalue weighted by atomic mass is 9.83. The first-order valence-corrected chi connectivity index (χ1v) is 8.32. The van der Waals surface area contributed by atoms with Gasteiger partial charge in [-0.3, -0.25) is 4.79 Å². The van der Waals surface area contributed by atoms with E-state index >= 15 is 0 Å². The minimum atomic E-state index is -0.808. The molecule has 1 rings (SSSR count). The Bertz CT molecular complexity index is 327. The molecule has 5 nitrogen and oxygen atoms in total. The van der Waals surface area contributed by atoms with E-state index in [1.54, 1.807) is 0 Å². The summed E-state index contributed by atoms with van der Waals surface area (Å²) in [7, 11) is 0. The number of carbonyl (C=O) groups is 2. The van der Waals surface area contributed by atoms with Crippen LogP contribution in [0.25, 0.3) is 0 Å². The maximum Gasteiger partial charge on any atom is 0.315 e. The minimum Gasteiger partial charge on any atom is -0.481 e. The highest BCUT2D eigenvalue weighted by atomic mass is 16.4. The molecule has 0 bridgehead atoms. The van der Waals surface area contributed by atoms with Crippen molar-refractivity contribution in [2.45, 2.75) is 71.3 Å². The van der Waals surface area contributed by atoms with E-state index in [9.17, 15) is 9.59 Å². The third kappa shape index (κ3) is 6.82. The molecule has 2 amide bonds. The lowest BCUT2D eigenvalue weighted by molar-refractivity contribution is -0.138. The van der Waals surface area contributed by atoms with Gasteiger partial charge in [0, 0.05) is 19.0 Å². The number of urea groups is 1. The number of hydrogen-bond donors (Lipinski definition) is 3. The van der Waals surface area contributed by atoms with Crippen molar-refractivity contribution in [3.63, 3.8) is 0 Å². The second-order valence-electron chi connectivity index (χ2n) is 6.14. The molecule has 1 aliphatic carbocycles. The quantitative estimate of drug-likeness (QED) is 0.644. The third-order valence-corrected chi connectivity index (χ3v) is 4.57. The molecule has 3 N–H and O–H groups in total. The lowest BCUT2D eigenvalue weighted by Gasteiger charge is -2.30. The van der Waals surface area contributed by atoms with Gasteiger partial charge in [0.25, 0.3) is 0 Å². The third-order valence-electron chi connectivity index (χ3n) is 4.57. The summed E-state index contributed by atoms with van der Waals surface area (Å²) in [4.78, 5) is 22.7. The molecule has 0 aromatic heterocycles. The Morgan fingerprint density at radius 2 is 1.81 bits per heavy atom. The number of carbonyl (C=O) groups excluding carboxylic acids is 1. The number of nitrogens with one attached hydrogen (secondary N) is 2. The van der Waals surface area contributed by atoms with Gasteiger partial charge in [-0.05, 0) is 31.1 Å². The molecule has 5 heteroatoms. The molecule has 1 fully saturated rings. The largest absolute Gasteiger partial charge is 0.481 e. The number of amides is 2. The van der Waals surface area contributed by atoms with Crippen LogP contribution in [-0.2, 0) is 4.79 Å². The Kier molecular flexibility index (Phi) is 8.16. The van der Waals surface area contributed by atoms with E-state index in [1.807, 2.05) is 6.92 Å². The van der Waals surface area contributed by atoms with Crippen LogP contribution < -0.4 is 10.6 Å². The van der Waals surface area contributed by atoms with Gasteiger partial charge in [0.2, 0.25) is 0 Å². The standard InChI is InChI=1S/C16H30N2O3/c1-3-12(10-15(19)20)11-17-16(21)18-14(4-2)13-8-6-5-7-9-13/h12-14H,3-11H2,1-2H3,(H,19,20)(H2,17,18,21). The summed E-state index contributed by atoms with van der Waals surface area (Å²) >= 11 is 0. The van der Waals surface area contributed by atoms with Gasteiger partial charge in [0.05, 0.1) is 0 Å². The van der Waals surface area contributed by atoms with Crippen LogP contribution in [0.1, 0.15) is 65.2 Å². The van der Waals surface area contributed by atoms with E-state index in [4.69, 9.17) is 5.11 Å². The Labute approximate surface area is 127 Å². The second kappa shape index (κ2) is 9.64. The van der Waals surface area contributed by atoms with Gasteiger partial charge >= 0.3 is 12.0 Å². The van der Waals surface area contributed by atoms with Crippen LogP contribution in [0.15, 0.2) is 0 Å². The van der Waals surface area contributed by atoms with Gasteiger partial charge in [0.1, 0.15) is 0 Å². The van der Waals surface area contributed by atoms with Crippen LogP contribution in [0.5, 0.6) is 0 Å². The Hall–Kier alpha value is -1.26. The van der Waals surface area contributed by atoms with Gasteiger partial charge < -0.3 is 15.7 Å². The molecule has 0 radical (unpaired) electrons. The summed E-state index contributed by atoms with van der Waals surface area (Å²) in [5.74, 6) is -0.212. The normalized spacial score (nSPS) is 18.8. The average Bonchev–Trinajstić information content (AvgIpc) is 2.49. The summed E-state index contributed by atoms with van der Waals surface area (Å²) in [6, 6.07) is 0.0844. The predicted octanol–water partition coefficient (Wildman–Crippen LogP) is 3.15.